The van der Waals surface area contributed by atoms with Gasteiger partial charge in [-0.2, -0.15) is 0 Å². The summed E-state index contributed by atoms with van der Waals surface area (Å²) >= 11 is 0. The number of benzene rings is 2. The van der Waals surface area contributed by atoms with Crippen LogP contribution in [0.15, 0.2) is 48.5 Å². The van der Waals surface area contributed by atoms with Crippen molar-refractivity contribution < 1.29 is 14.3 Å². The van der Waals surface area contributed by atoms with Gasteiger partial charge in [0.25, 0.3) is 5.91 Å². The van der Waals surface area contributed by atoms with Crippen LogP contribution in [0.25, 0.3) is 0 Å². The van der Waals surface area contributed by atoms with E-state index in [1.807, 2.05) is 37.3 Å². The van der Waals surface area contributed by atoms with Gasteiger partial charge in [-0.15, -0.1) is 0 Å². The molecule has 0 aliphatic heterocycles. The van der Waals surface area contributed by atoms with Gasteiger partial charge in [0.1, 0.15) is 0 Å². The van der Waals surface area contributed by atoms with Crippen molar-refractivity contribution in [1.82, 2.24) is 5.32 Å². The van der Waals surface area contributed by atoms with Crippen molar-refractivity contribution in [3.8, 4) is 0 Å². The molecule has 0 spiro atoms. The number of carbonyl (C=O) groups is 2. The molecule has 0 aliphatic rings. The molecule has 0 heterocycles. The zero-order chi connectivity index (χ0) is 23.2. The summed E-state index contributed by atoms with van der Waals surface area (Å²) in [5.41, 5.74) is 3.69. The third-order valence-corrected chi connectivity index (χ3v) is 5.35. The van der Waals surface area contributed by atoms with Crippen LogP contribution in [0.1, 0.15) is 81.9 Å². The van der Waals surface area contributed by atoms with Crippen LogP contribution in [-0.2, 0) is 26.8 Å². The molecule has 0 fully saturated rings. The molecule has 1 amide bonds. The van der Waals surface area contributed by atoms with Gasteiger partial charge in [0.05, 0.1) is 5.56 Å². The van der Waals surface area contributed by atoms with Crippen molar-refractivity contribution in [1.29, 1.82) is 0 Å². The largest absolute Gasteiger partial charge is 0.452 e. The number of amides is 1. The molecule has 0 saturated heterocycles. The molecule has 168 valence electrons. The van der Waals surface area contributed by atoms with E-state index >= 15 is 0 Å². The minimum absolute atomic E-state index is 0.00289. The molecule has 0 radical (unpaired) electrons. The van der Waals surface area contributed by atoms with Gasteiger partial charge in [0.2, 0.25) is 0 Å². The third kappa shape index (κ3) is 7.86. The second kappa shape index (κ2) is 10.1. The van der Waals surface area contributed by atoms with Gasteiger partial charge in [-0.1, -0.05) is 77.9 Å². The van der Waals surface area contributed by atoms with Crippen molar-refractivity contribution in [2.75, 3.05) is 6.61 Å². The van der Waals surface area contributed by atoms with E-state index in [-0.39, 0.29) is 29.4 Å². The van der Waals surface area contributed by atoms with Crippen molar-refractivity contribution >= 4 is 11.9 Å². The lowest BCUT2D eigenvalue weighted by Gasteiger charge is -2.25. The van der Waals surface area contributed by atoms with Gasteiger partial charge < -0.3 is 10.1 Å². The van der Waals surface area contributed by atoms with E-state index in [1.54, 1.807) is 0 Å². The Bertz CT molecular complexity index is 857. The quantitative estimate of drug-likeness (QED) is 0.592. The Morgan fingerprint density at radius 2 is 1.45 bits per heavy atom. The van der Waals surface area contributed by atoms with Gasteiger partial charge in [0, 0.05) is 6.04 Å². The van der Waals surface area contributed by atoms with Crippen LogP contribution in [0.4, 0.5) is 0 Å². The SMILES string of the molecule is C[C@H](CCc1ccccc1)NC(=O)COC(=O)c1cc(C(C)(C)C)cc(C(C)(C)C)c1. The highest BCUT2D eigenvalue weighted by atomic mass is 16.5. The Morgan fingerprint density at radius 1 is 0.903 bits per heavy atom. The average Bonchev–Trinajstić information content (AvgIpc) is 2.69. The van der Waals surface area contributed by atoms with Gasteiger partial charge in [-0.3, -0.25) is 4.79 Å². The Labute approximate surface area is 187 Å². The van der Waals surface area contributed by atoms with Crippen LogP contribution in [0.5, 0.6) is 0 Å². The van der Waals surface area contributed by atoms with Crippen LogP contribution >= 0.6 is 0 Å². The van der Waals surface area contributed by atoms with Crippen molar-refractivity contribution in [2.45, 2.75) is 78.2 Å². The van der Waals surface area contributed by atoms with E-state index in [9.17, 15) is 9.59 Å². The highest BCUT2D eigenvalue weighted by molar-refractivity contribution is 5.92. The summed E-state index contributed by atoms with van der Waals surface area (Å²) in [4.78, 5) is 25.0. The van der Waals surface area contributed by atoms with E-state index in [1.165, 1.54) is 5.56 Å². The Morgan fingerprint density at radius 3 is 1.97 bits per heavy atom. The minimum atomic E-state index is -0.469. The highest BCUT2D eigenvalue weighted by Crippen LogP contribution is 2.30. The van der Waals surface area contributed by atoms with Crippen molar-refractivity contribution in [3.05, 3.63) is 70.8 Å². The second-order valence-electron chi connectivity index (χ2n) is 10.4. The molecule has 0 saturated carbocycles. The molecular formula is C27H37NO3. The highest BCUT2D eigenvalue weighted by Gasteiger charge is 2.23. The molecule has 0 unspecified atom stereocenters. The lowest BCUT2D eigenvalue weighted by atomic mass is 9.79. The Hall–Kier alpha value is -2.62. The number of hydrogen-bond acceptors (Lipinski definition) is 3. The minimum Gasteiger partial charge on any atom is -0.452 e. The summed E-state index contributed by atoms with van der Waals surface area (Å²) in [6, 6.07) is 16.1. The second-order valence-corrected chi connectivity index (χ2v) is 10.4. The molecule has 0 aliphatic carbocycles. The fraction of sp³-hybridized carbons (Fsp3) is 0.481. The molecular weight excluding hydrogens is 386 g/mol. The molecule has 31 heavy (non-hydrogen) atoms. The van der Waals surface area contributed by atoms with E-state index in [0.29, 0.717) is 5.56 Å². The maximum atomic E-state index is 12.7. The lowest BCUT2D eigenvalue weighted by Crippen LogP contribution is -2.36. The standard InChI is InChI=1S/C27H37NO3/c1-19(13-14-20-11-9-8-10-12-20)28-24(29)18-31-25(30)21-15-22(26(2,3)4)17-23(16-21)27(5,6)7/h8-12,15-17,19H,13-14,18H2,1-7H3,(H,28,29)/t19-/m1/s1. The smallest absolute Gasteiger partial charge is 0.338 e. The van der Waals surface area contributed by atoms with Gasteiger partial charge >= 0.3 is 5.97 Å². The number of hydrogen-bond donors (Lipinski definition) is 1. The van der Waals surface area contributed by atoms with Crippen molar-refractivity contribution in [3.63, 3.8) is 0 Å². The predicted molar refractivity (Wildman–Crippen MR) is 126 cm³/mol. The van der Waals surface area contributed by atoms with E-state index in [0.717, 1.165) is 24.0 Å². The number of rotatable bonds is 7. The number of aryl methyl sites for hydroxylation is 1. The normalized spacial score (nSPS) is 12.9. The van der Waals surface area contributed by atoms with Crippen LogP contribution in [0, 0.1) is 0 Å². The summed E-state index contributed by atoms with van der Waals surface area (Å²) in [7, 11) is 0. The van der Waals surface area contributed by atoms with E-state index < -0.39 is 5.97 Å². The fourth-order valence-corrected chi connectivity index (χ4v) is 3.24. The summed E-state index contributed by atoms with van der Waals surface area (Å²) < 4.78 is 5.34. The molecule has 4 heteroatoms. The first-order chi connectivity index (χ1) is 14.4. The predicted octanol–water partition coefficient (Wildman–Crippen LogP) is 5.58. The molecule has 4 nitrogen and oxygen atoms in total. The fourth-order valence-electron chi connectivity index (χ4n) is 3.24. The number of esters is 1. The molecule has 2 aromatic carbocycles. The van der Waals surface area contributed by atoms with Crippen LogP contribution in [0.3, 0.4) is 0 Å². The molecule has 1 atom stereocenters. The monoisotopic (exact) mass is 423 g/mol. The molecule has 0 bridgehead atoms. The number of carbonyl (C=O) groups excluding carboxylic acids is 2. The molecule has 2 aromatic rings. The number of nitrogens with one attached hydrogen (secondary N) is 1. The first-order valence-corrected chi connectivity index (χ1v) is 11.0. The zero-order valence-corrected chi connectivity index (χ0v) is 20.0. The summed E-state index contributed by atoms with van der Waals surface area (Å²) in [5, 5.41) is 2.91. The molecule has 1 N–H and O–H groups in total. The van der Waals surface area contributed by atoms with Gasteiger partial charge in [-0.05, 0) is 59.4 Å². The molecule has 0 aromatic heterocycles. The topological polar surface area (TPSA) is 55.4 Å². The van der Waals surface area contributed by atoms with Gasteiger partial charge in [-0.25, -0.2) is 4.79 Å². The first-order valence-electron chi connectivity index (χ1n) is 11.0. The average molecular weight is 424 g/mol. The maximum absolute atomic E-state index is 12.7. The Balaban J connectivity index is 1.96. The lowest BCUT2D eigenvalue weighted by molar-refractivity contribution is -0.124. The van der Waals surface area contributed by atoms with Crippen LogP contribution < -0.4 is 5.32 Å². The van der Waals surface area contributed by atoms with E-state index in [4.69, 9.17) is 4.74 Å². The summed E-state index contributed by atoms with van der Waals surface area (Å²) in [6.07, 6.45) is 1.71. The zero-order valence-electron chi connectivity index (χ0n) is 20.0. The molecule has 2 rings (SSSR count). The van der Waals surface area contributed by atoms with Crippen LogP contribution in [-0.4, -0.2) is 24.5 Å². The van der Waals surface area contributed by atoms with Crippen molar-refractivity contribution in [2.24, 2.45) is 0 Å². The summed E-state index contributed by atoms with van der Waals surface area (Å²) in [6.45, 7) is 14.4. The number of ether oxygens (including phenoxy) is 1. The van der Waals surface area contributed by atoms with Crippen LogP contribution in [0.2, 0.25) is 0 Å². The first kappa shape index (κ1) is 24.6. The maximum Gasteiger partial charge on any atom is 0.338 e. The summed E-state index contributed by atoms with van der Waals surface area (Å²) in [5.74, 6) is -0.749. The van der Waals surface area contributed by atoms with Gasteiger partial charge in [0.15, 0.2) is 6.61 Å². The Kier molecular flexibility index (Phi) is 8.05. The van der Waals surface area contributed by atoms with E-state index in [2.05, 4.69) is 65.1 Å². The third-order valence-electron chi connectivity index (χ3n) is 5.35.